The summed E-state index contributed by atoms with van der Waals surface area (Å²) in [5.74, 6) is 0. The minimum atomic E-state index is -0.0521. The zero-order chi connectivity index (χ0) is 9.52. The summed E-state index contributed by atoms with van der Waals surface area (Å²) in [4.78, 5) is 10.3. The van der Waals surface area contributed by atoms with Crippen LogP contribution in [-0.2, 0) is 9.53 Å². The number of nitrogens with one attached hydrogen (secondary N) is 1. The number of carbonyl (C=O) groups excluding carboxylic acids is 1. The fourth-order valence-electron chi connectivity index (χ4n) is 1.17. The summed E-state index contributed by atoms with van der Waals surface area (Å²) in [6.45, 7) is 0.489. The average molecular weight is 179 g/mol. The van der Waals surface area contributed by atoms with Crippen LogP contribution in [0.25, 0.3) is 0 Å². The molecule has 1 atom stereocenters. The molecule has 0 fully saturated rings. The molecule has 0 aliphatic rings. The van der Waals surface area contributed by atoms with Crippen molar-refractivity contribution in [1.29, 1.82) is 0 Å². The van der Waals surface area contributed by atoms with E-state index >= 15 is 0 Å². The van der Waals surface area contributed by atoms with Crippen LogP contribution in [0.1, 0.15) is 11.6 Å². The molecule has 1 aromatic carbocycles. The van der Waals surface area contributed by atoms with Gasteiger partial charge in [-0.2, -0.15) is 0 Å². The highest BCUT2D eigenvalue weighted by atomic mass is 16.5. The average Bonchev–Trinajstić information content (AvgIpc) is 2.19. The summed E-state index contributed by atoms with van der Waals surface area (Å²) in [5, 5.41) is 2.69. The number of carbonyl (C=O) groups is 1. The molecule has 0 radical (unpaired) electrons. The lowest BCUT2D eigenvalue weighted by molar-refractivity contribution is -0.110. The highest BCUT2D eigenvalue weighted by molar-refractivity contribution is 5.47. The van der Waals surface area contributed by atoms with Crippen LogP contribution in [0, 0.1) is 0 Å². The van der Waals surface area contributed by atoms with E-state index in [1.165, 1.54) is 0 Å². The van der Waals surface area contributed by atoms with E-state index in [0.717, 1.165) is 5.56 Å². The van der Waals surface area contributed by atoms with Gasteiger partial charge in [-0.25, -0.2) is 0 Å². The maximum Gasteiger partial charge on any atom is 0.207 e. The van der Waals surface area contributed by atoms with Gasteiger partial charge in [0.25, 0.3) is 0 Å². The zero-order valence-corrected chi connectivity index (χ0v) is 7.57. The third-order valence-corrected chi connectivity index (χ3v) is 1.80. The van der Waals surface area contributed by atoms with Crippen molar-refractivity contribution in [3.63, 3.8) is 0 Å². The first-order chi connectivity index (χ1) is 6.38. The molecule has 0 saturated carbocycles. The summed E-state index contributed by atoms with van der Waals surface area (Å²) in [6, 6.07) is 9.67. The van der Waals surface area contributed by atoms with Crippen molar-refractivity contribution >= 4 is 6.41 Å². The second kappa shape index (κ2) is 5.32. The number of rotatable bonds is 5. The predicted octanol–water partition coefficient (Wildman–Crippen LogP) is 1.12. The molecule has 3 nitrogen and oxygen atoms in total. The molecular weight excluding hydrogens is 166 g/mol. The van der Waals surface area contributed by atoms with E-state index in [2.05, 4.69) is 5.32 Å². The van der Waals surface area contributed by atoms with Gasteiger partial charge in [-0.1, -0.05) is 30.3 Å². The highest BCUT2D eigenvalue weighted by Gasteiger charge is 2.08. The van der Waals surface area contributed by atoms with Crippen LogP contribution < -0.4 is 5.32 Å². The lowest BCUT2D eigenvalue weighted by atomic mass is 10.1. The normalized spacial score (nSPS) is 12.1. The molecule has 0 spiro atoms. The number of ether oxygens (including phenoxy) is 1. The van der Waals surface area contributed by atoms with Gasteiger partial charge in [0.1, 0.15) is 0 Å². The second-order valence-corrected chi connectivity index (χ2v) is 2.70. The highest BCUT2D eigenvalue weighted by Crippen LogP contribution is 2.11. The van der Waals surface area contributed by atoms with Crippen molar-refractivity contribution < 1.29 is 9.53 Å². The van der Waals surface area contributed by atoms with Gasteiger partial charge >= 0.3 is 0 Å². The summed E-state index contributed by atoms with van der Waals surface area (Å²) >= 11 is 0. The molecule has 3 heteroatoms. The third-order valence-electron chi connectivity index (χ3n) is 1.80. The third kappa shape index (κ3) is 2.87. The summed E-state index contributed by atoms with van der Waals surface area (Å²) in [7, 11) is 1.61. The Bertz CT molecular complexity index is 248. The van der Waals surface area contributed by atoms with Gasteiger partial charge in [0.2, 0.25) is 6.41 Å². The lowest BCUT2D eigenvalue weighted by Crippen LogP contribution is -2.23. The molecule has 1 amide bonds. The van der Waals surface area contributed by atoms with Crippen LogP contribution in [0.3, 0.4) is 0 Å². The van der Waals surface area contributed by atoms with Gasteiger partial charge in [0, 0.05) is 7.11 Å². The van der Waals surface area contributed by atoms with E-state index in [9.17, 15) is 4.79 Å². The van der Waals surface area contributed by atoms with Crippen LogP contribution in [-0.4, -0.2) is 20.1 Å². The summed E-state index contributed by atoms with van der Waals surface area (Å²) in [6.07, 6.45) is 0.691. The first-order valence-corrected chi connectivity index (χ1v) is 4.12. The van der Waals surface area contributed by atoms with E-state index in [0.29, 0.717) is 13.0 Å². The molecule has 0 saturated heterocycles. The summed E-state index contributed by atoms with van der Waals surface area (Å²) in [5.41, 5.74) is 1.05. The van der Waals surface area contributed by atoms with Crippen LogP contribution in [0.5, 0.6) is 0 Å². The molecule has 0 aromatic heterocycles. The van der Waals surface area contributed by atoms with Gasteiger partial charge in [0.05, 0.1) is 12.6 Å². The minimum Gasteiger partial charge on any atom is -0.382 e. The number of amides is 1. The molecular formula is C10H13NO2. The zero-order valence-electron chi connectivity index (χ0n) is 7.57. The van der Waals surface area contributed by atoms with E-state index in [4.69, 9.17) is 4.74 Å². The van der Waals surface area contributed by atoms with Gasteiger partial charge in [0.15, 0.2) is 0 Å². The molecule has 1 aromatic rings. The number of methoxy groups -OCH3 is 1. The Kier molecular flexibility index (Phi) is 3.99. The topological polar surface area (TPSA) is 38.3 Å². The van der Waals surface area contributed by atoms with Crippen molar-refractivity contribution in [3.05, 3.63) is 35.9 Å². The number of hydrogen-bond donors (Lipinski definition) is 1. The first kappa shape index (κ1) is 9.74. The fourth-order valence-corrected chi connectivity index (χ4v) is 1.17. The monoisotopic (exact) mass is 179 g/mol. The first-order valence-electron chi connectivity index (χ1n) is 4.12. The van der Waals surface area contributed by atoms with E-state index in [1.54, 1.807) is 7.11 Å². The number of hydrogen-bond acceptors (Lipinski definition) is 2. The van der Waals surface area contributed by atoms with Crippen LogP contribution in [0.4, 0.5) is 0 Å². The Balaban J connectivity index is 2.69. The Hall–Kier alpha value is -1.35. The van der Waals surface area contributed by atoms with Crippen molar-refractivity contribution in [1.82, 2.24) is 5.32 Å². The molecule has 0 bridgehead atoms. The van der Waals surface area contributed by atoms with Crippen molar-refractivity contribution in [2.75, 3.05) is 13.7 Å². The molecule has 0 unspecified atom stereocenters. The van der Waals surface area contributed by atoms with Crippen LogP contribution >= 0.6 is 0 Å². The number of benzene rings is 1. The molecule has 0 aliphatic carbocycles. The Morgan fingerprint density at radius 2 is 2.15 bits per heavy atom. The minimum absolute atomic E-state index is 0.0521. The maximum atomic E-state index is 10.3. The molecule has 70 valence electrons. The standard InChI is InChI=1S/C10H13NO2/c1-13-7-10(11-8-12)9-5-3-2-4-6-9/h2-6,8,10H,7H2,1H3,(H,11,12)/t10-/m0/s1. The molecule has 1 rings (SSSR count). The van der Waals surface area contributed by atoms with E-state index < -0.39 is 0 Å². The van der Waals surface area contributed by atoms with Crippen LogP contribution in [0.15, 0.2) is 30.3 Å². The van der Waals surface area contributed by atoms with Gasteiger partial charge in [-0.15, -0.1) is 0 Å². The quantitative estimate of drug-likeness (QED) is 0.688. The Labute approximate surface area is 77.7 Å². The molecule has 13 heavy (non-hydrogen) atoms. The molecule has 1 N–H and O–H groups in total. The molecule has 0 heterocycles. The maximum absolute atomic E-state index is 10.3. The smallest absolute Gasteiger partial charge is 0.207 e. The SMILES string of the molecule is COC[C@H](NC=O)c1ccccc1. The Morgan fingerprint density at radius 1 is 1.46 bits per heavy atom. The van der Waals surface area contributed by atoms with Gasteiger partial charge in [-0.05, 0) is 5.56 Å². The van der Waals surface area contributed by atoms with Gasteiger partial charge in [-0.3, -0.25) is 4.79 Å². The van der Waals surface area contributed by atoms with Crippen molar-refractivity contribution in [2.24, 2.45) is 0 Å². The lowest BCUT2D eigenvalue weighted by Gasteiger charge is -2.14. The van der Waals surface area contributed by atoms with Crippen LogP contribution in [0.2, 0.25) is 0 Å². The van der Waals surface area contributed by atoms with Crippen molar-refractivity contribution in [2.45, 2.75) is 6.04 Å². The van der Waals surface area contributed by atoms with Gasteiger partial charge < -0.3 is 10.1 Å². The van der Waals surface area contributed by atoms with E-state index in [1.807, 2.05) is 30.3 Å². The fraction of sp³-hybridized carbons (Fsp3) is 0.300. The summed E-state index contributed by atoms with van der Waals surface area (Å²) < 4.78 is 4.99. The van der Waals surface area contributed by atoms with E-state index in [-0.39, 0.29) is 6.04 Å². The predicted molar refractivity (Wildman–Crippen MR) is 50.3 cm³/mol. The molecule has 0 aliphatic heterocycles. The van der Waals surface area contributed by atoms with Crippen molar-refractivity contribution in [3.8, 4) is 0 Å². The Morgan fingerprint density at radius 3 is 2.69 bits per heavy atom. The second-order valence-electron chi connectivity index (χ2n) is 2.70. The largest absolute Gasteiger partial charge is 0.382 e.